The van der Waals surface area contributed by atoms with Crippen LogP contribution in [0.3, 0.4) is 0 Å². The smallest absolute Gasteiger partial charge is 0.139 e. The van der Waals surface area contributed by atoms with Crippen molar-refractivity contribution >= 4 is 23.2 Å². The highest BCUT2D eigenvalue weighted by Crippen LogP contribution is 2.27. The van der Waals surface area contributed by atoms with Crippen molar-refractivity contribution in [3.05, 3.63) is 28.2 Å². The van der Waals surface area contributed by atoms with E-state index in [-0.39, 0.29) is 6.61 Å². The zero-order valence-electron chi connectivity index (χ0n) is 9.66. The van der Waals surface area contributed by atoms with E-state index >= 15 is 0 Å². The number of aliphatic hydroxyl groups excluding tert-OH is 1. The Kier molecular flexibility index (Phi) is 7.37. The summed E-state index contributed by atoms with van der Waals surface area (Å²) in [5.74, 6) is 0.638. The van der Waals surface area contributed by atoms with Crippen LogP contribution in [0.1, 0.15) is 12.8 Å². The van der Waals surface area contributed by atoms with Crippen molar-refractivity contribution < 1.29 is 15.2 Å². The lowest BCUT2D eigenvalue weighted by Gasteiger charge is -2.07. The summed E-state index contributed by atoms with van der Waals surface area (Å²) in [6.07, 6.45) is 2.02. The number of rotatable bonds is 8. The molecule has 0 atom stereocenters. The van der Waals surface area contributed by atoms with Crippen molar-refractivity contribution in [3.63, 3.8) is 0 Å². The fourth-order valence-electron chi connectivity index (χ4n) is 1.40. The summed E-state index contributed by atoms with van der Waals surface area (Å²) < 4.78 is 5.54. The molecule has 0 aliphatic carbocycles. The minimum Gasteiger partial charge on any atom is -0.492 e. The molecule has 96 valence electrons. The van der Waals surface area contributed by atoms with E-state index in [2.05, 4.69) is 5.32 Å². The molecule has 0 fully saturated rings. The summed E-state index contributed by atoms with van der Waals surface area (Å²) in [7, 11) is 0. The molecular formula is C12H18Cl2NO2+. The Morgan fingerprint density at radius 3 is 2.76 bits per heavy atom. The first kappa shape index (κ1) is 14.6. The van der Waals surface area contributed by atoms with E-state index in [9.17, 15) is 0 Å². The van der Waals surface area contributed by atoms with Crippen LogP contribution in [0, 0.1) is 0 Å². The third-order valence-corrected chi connectivity index (χ3v) is 2.83. The molecule has 0 amide bonds. The summed E-state index contributed by atoms with van der Waals surface area (Å²) in [4.78, 5) is 0. The average Bonchev–Trinajstić information content (AvgIpc) is 2.32. The summed E-state index contributed by atoms with van der Waals surface area (Å²) in [6.45, 7) is 2.63. The highest BCUT2D eigenvalue weighted by Gasteiger charge is 2.02. The van der Waals surface area contributed by atoms with Crippen molar-refractivity contribution in [2.24, 2.45) is 0 Å². The second-order valence-corrected chi connectivity index (χ2v) is 4.56. The monoisotopic (exact) mass is 278 g/mol. The van der Waals surface area contributed by atoms with Crippen LogP contribution in [-0.4, -0.2) is 31.4 Å². The number of hydrogen-bond donors (Lipinski definition) is 2. The third-order valence-electron chi connectivity index (χ3n) is 2.29. The zero-order valence-corrected chi connectivity index (χ0v) is 11.2. The molecule has 0 radical (unpaired) electrons. The fraction of sp³-hybridized carbons (Fsp3) is 0.500. The van der Waals surface area contributed by atoms with Crippen LogP contribution >= 0.6 is 23.2 Å². The second-order valence-electron chi connectivity index (χ2n) is 3.72. The number of benzene rings is 1. The molecular weight excluding hydrogens is 261 g/mol. The molecule has 0 saturated heterocycles. The second kappa shape index (κ2) is 8.59. The molecule has 1 aromatic rings. The molecule has 1 aromatic carbocycles. The highest BCUT2D eigenvalue weighted by atomic mass is 35.5. The molecule has 0 spiro atoms. The maximum Gasteiger partial charge on any atom is 0.139 e. The van der Waals surface area contributed by atoms with Crippen LogP contribution < -0.4 is 10.1 Å². The van der Waals surface area contributed by atoms with E-state index in [0.29, 0.717) is 22.4 Å². The van der Waals surface area contributed by atoms with Gasteiger partial charge in [0.2, 0.25) is 0 Å². The van der Waals surface area contributed by atoms with Gasteiger partial charge in [0, 0.05) is 11.1 Å². The van der Waals surface area contributed by atoms with E-state index in [1.807, 2.05) is 0 Å². The van der Waals surface area contributed by atoms with Gasteiger partial charge in [-0.25, -0.2) is 0 Å². The van der Waals surface area contributed by atoms with Gasteiger partial charge in [-0.2, -0.15) is 0 Å². The SMILES string of the molecule is OCC[NH2+]CCCCOc1cc(Cl)ccc1Cl. The van der Waals surface area contributed by atoms with Crippen LogP contribution in [0.2, 0.25) is 10.0 Å². The summed E-state index contributed by atoms with van der Waals surface area (Å²) in [5, 5.41) is 11.9. The van der Waals surface area contributed by atoms with Crippen LogP contribution in [0.4, 0.5) is 0 Å². The molecule has 3 nitrogen and oxygen atoms in total. The minimum atomic E-state index is 0.231. The average molecular weight is 279 g/mol. The lowest BCUT2D eigenvalue weighted by molar-refractivity contribution is -0.656. The summed E-state index contributed by atoms with van der Waals surface area (Å²) in [6, 6.07) is 5.19. The summed E-state index contributed by atoms with van der Waals surface area (Å²) >= 11 is 11.8. The van der Waals surface area contributed by atoms with Gasteiger partial charge in [-0.1, -0.05) is 23.2 Å². The van der Waals surface area contributed by atoms with Crippen molar-refractivity contribution in [1.82, 2.24) is 0 Å². The fourth-order valence-corrected chi connectivity index (χ4v) is 1.73. The zero-order chi connectivity index (χ0) is 12.5. The minimum absolute atomic E-state index is 0.231. The number of aliphatic hydroxyl groups is 1. The van der Waals surface area contributed by atoms with Gasteiger partial charge in [0.05, 0.1) is 31.3 Å². The van der Waals surface area contributed by atoms with Crippen LogP contribution in [-0.2, 0) is 0 Å². The molecule has 1 rings (SSSR count). The number of hydrogen-bond acceptors (Lipinski definition) is 2. The maximum absolute atomic E-state index is 8.59. The van der Waals surface area contributed by atoms with E-state index in [4.69, 9.17) is 33.0 Å². The Morgan fingerprint density at radius 2 is 2.00 bits per heavy atom. The van der Waals surface area contributed by atoms with E-state index in [1.54, 1.807) is 18.2 Å². The Morgan fingerprint density at radius 1 is 1.18 bits per heavy atom. The molecule has 0 unspecified atom stereocenters. The highest BCUT2D eigenvalue weighted by molar-refractivity contribution is 6.34. The van der Waals surface area contributed by atoms with Gasteiger partial charge in [-0.05, 0) is 25.0 Å². The van der Waals surface area contributed by atoms with Gasteiger partial charge in [0.25, 0.3) is 0 Å². The Bertz CT molecular complexity index is 334. The van der Waals surface area contributed by atoms with Crippen LogP contribution in [0.25, 0.3) is 0 Å². The first-order valence-corrected chi connectivity index (χ1v) is 6.50. The topological polar surface area (TPSA) is 46.1 Å². The van der Waals surface area contributed by atoms with Gasteiger partial charge < -0.3 is 15.2 Å². The molecule has 0 heterocycles. The molecule has 3 N–H and O–H groups in total. The Hall–Kier alpha value is -0.480. The third kappa shape index (κ3) is 6.13. The van der Waals surface area contributed by atoms with Gasteiger partial charge in [0.15, 0.2) is 0 Å². The van der Waals surface area contributed by atoms with Crippen molar-refractivity contribution in [2.75, 3.05) is 26.3 Å². The molecule has 0 aliphatic rings. The molecule has 0 aromatic heterocycles. The molecule has 0 saturated carbocycles. The molecule has 0 bridgehead atoms. The lowest BCUT2D eigenvalue weighted by atomic mass is 10.3. The molecule has 17 heavy (non-hydrogen) atoms. The van der Waals surface area contributed by atoms with Gasteiger partial charge in [-0.3, -0.25) is 0 Å². The van der Waals surface area contributed by atoms with Crippen molar-refractivity contribution in [3.8, 4) is 5.75 Å². The lowest BCUT2D eigenvalue weighted by Crippen LogP contribution is -2.85. The van der Waals surface area contributed by atoms with E-state index in [1.165, 1.54) is 0 Å². The molecule has 0 aliphatic heterocycles. The van der Waals surface area contributed by atoms with Gasteiger partial charge >= 0.3 is 0 Å². The van der Waals surface area contributed by atoms with E-state index < -0.39 is 0 Å². The normalized spacial score (nSPS) is 10.5. The van der Waals surface area contributed by atoms with E-state index in [0.717, 1.165) is 25.9 Å². The van der Waals surface area contributed by atoms with Gasteiger partial charge in [-0.15, -0.1) is 0 Å². The standard InChI is InChI=1S/C12H17Cl2NO2/c13-10-3-4-11(14)12(9-10)17-8-2-1-5-15-6-7-16/h3-4,9,15-16H,1-2,5-8H2/p+1. The quantitative estimate of drug-likeness (QED) is 0.712. The Labute approximate surface area is 112 Å². The largest absolute Gasteiger partial charge is 0.492 e. The number of halogens is 2. The number of ether oxygens (including phenoxy) is 1. The van der Waals surface area contributed by atoms with Crippen LogP contribution in [0.5, 0.6) is 5.75 Å². The predicted octanol–water partition coefficient (Wildman–Crippen LogP) is 1.71. The molecule has 5 heteroatoms. The van der Waals surface area contributed by atoms with Crippen LogP contribution in [0.15, 0.2) is 18.2 Å². The first-order valence-electron chi connectivity index (χ1n) is 5.74. The Balaban J connectivity index is 2.15. The van der Waals surface area contributed by atoms with Crippen molar-refractivity contribution in [1.29, 1.82) is 0 Å². The number of unbranched alkanes of at least 4 members (excludes halogenated alkanes) is 1. The van der Waals surface area contributed by atoms with Gasteiger partial charge in [0.1, 0.15) is 5.75 Å². The first-order chi connectivity index (χ1) is 8.24. The number of nitrogens with two attached hydrogens (primary N) is 1. The number of quaternary nitrogens is 1. The van der Waals surface area contributed by atoms with Crippen molar-refractivity contribution in [2.45, 2.75) is 12.8 Å². The predicted molar refractivity (Wildman–Crippen MR) is 69.9 cm³/mol. The maximum atomic E-state index is 8.59. The summed E-state index contributed by atoms with van der Waals surface area (Å²) in [5.41, 5.74) is 0.